The van der Waals surface area contributed by atoms with Crippen LogP contribution >= 0.6 is 0 Å². The molecule has 3 rings (SSSR count). The number of anilines is 1. The molecule has 0 aliphatic heterocycles. The Balaban J connectivity index is 2.22. The van der Waals surface area contributed by atoms with Crippen LogP contribution in [-0.4, -0.2) is 24.7 Å². The summed E-state index contributed by atoms with van der Waals surface area (Å²) < 4.78 is 14.5. The summed E-state index contributed by atoms with van der Waals surface area (Å²) in [6.45, 7) is 1.89. The molecule has 0 spiro atoms. The lowest BCUT2D eigenvalue weighted by molar-refractivity contribution is 0.616. The molecule has 0 bridgehead atoms. The minimum atomic E-state index is -0.649. The summed E-state index contributed by atoms with van der Waals surface area (Å²) in [4.78, 5) is 12.0. The fourth-order valence-corrected chi connectivity index (χ4v) is 1.65. The molecule has 0 aromatic carbocycles. The summed E-state index contributed by atoms with van der Waals surface area (Å²) in [5.41, 5.74) is 7.77. The van der Waals surface area contributed by atoms with E-state index < -0.39 is 5.82 Å². The van der Waals surface area contributed by atoms with Crippen molar-refractivity contribution in [1.82, 2.24) is 24.7 Å². The highest BCUT2D eigenvalue weighted by molar-refractivity contribution is 5.75. The highest BCUT2D eigenvalue weighted by Crippen LogP contribution is 2.15. The van der Waals surface area contributed by atoms with Crippen molar-refractivity contribution in [3.05, 3.63) is 36.0 Å². The van der Waals surface area contributed by atoms with E-state index in [1.807, 2.05) is 19.1 Å². The van der Waals surface area contributed by atoms with Gasteiger partial charge in [0.1, 0.15) is 5.52 Å². The molecule has 3 aromatic heterocycles. The standard InChI is InChI=1S/C11H9FN6/c1-6-2-3-9-8(16-6)5-15-18(9)11-14-4-7(12)10(13)17-11/h2-5H,1H3,(H2,13,14,17). The van der Waals surface area contributed by atoms with E-state index in [0.29, 0.717) is 0 Å². The van der Waals surface area contributed by atoms with Gasteiger partial charge in [0.25, 0.3) is 5.95 Å². The maximum atomic E-state index is 13.0. The minimum Gasteiger partial charge on any atom is -0.381 e. The molecule has 3 heterocycles. The van der Waals surface area contributed by atoms with E-state index in [4.69, 9.17) is 5.73 Å². The number of aryl methyl sites for hydroxylation is 1. The first kappa shape index (κ1) is 10.6. The Hall–Kier alpha value is -2.57. The normalized spacial score (nSPS) is 11.0. The Morgan fingerprint density at radius 3 is 2.83 bits per heavy atom. The number of rotatable bonds is 1. The van der Waals surface area contributed by atoms with E-state index in [2.05, 4.69) is 20.1 Å². The van der Waals surface area contributed by atoms with E-state index in [1.54, 1.807) is 6.20 Å². The SMILES string of the molecule is Cc1ccc2c(cnn2-c2ncc(F)c(N)n2)n1. The number of pyridine rings is 1. The second-order valence-electron chi connectivity index (χ2n) is 3.82. The van der Waals surface area contributed by atoms with Crippen molar-refractivity contribution in [2.45, 2.75) is 6.92 Å². The Bertz CT molecular complexity index is 735. The van der Waals surface area contributed by atoms with Crippen LogP contribution in [0.15, 0.2) is 24.5 Å². The predicted molar refractivity (Wildman–Crippen MR) is 63.6 cm³/mol. The molecule has 6 nitrogen and oxygen atoms in total. The molecule has 0 aliphatic carbocycles. The molecule has 0 aliphatic rings. The van der Waals surface area contributed by atoms with Crippen molar-refractivity contribution in [2.24, 2.45) is 0 Å². The summed E-state index contributed by atoms with van der Waals surface area (Å²) in [5.74, 6) is -0.637. The van der Waals surface area contributed by atoms with Gasteiger partial charge in [-0.15, -0.1) is 0 Å². The maximum Gasteiger partial charge on any atom is 0.253 e. The van der Waals surface area contributed by atoms with Crippen LogP contribution in [0.2, 0.25) is 0 Å². The van der Waals surface area contributed by atoms with Gasteiger partial charge in [-0.25, -0.2) is 14.4 Å². The molecule has 90 valence electrons. The monoisotopic (exact) mass is 244 g/mol. The minimum absolute atomic E-state index is 0.205. The number of nitrogen functional groups attached to an aromatic ring is 1. The third-order valence-corrected chi connectivity index (χ3v) is 2.51. The summed E-state index contributed by atoms with van der Waals surface area (Å²) >= 11 is 0. The van der Waals surface area contributed by atoms with Gasteiger partial charge in [0.2, 0.25) is 0 Å². The van der Waals surface area contributed by atoms with Crippen LogP contribution in [0.3, 0.4) is 0 Å². The predicted octanol–water partition coefficient (Wildman–Crippen LogP) is 1.24. The lowest BCUT2D eigenvalue weighted by Crippen LogP contribution is -2.06. The van der Waals surface area contributed by atoms with E-state index in [-0.39, 0.29) is 11.8 Å². The van der Waals surface area contributed by atoms with Crippen LogP contribution in [0.4, 0.5) is 10.2 Å². The lowest BCUT2D eigenvalue weighted by atomic mass is 10.3. The fourth-order valence-electron chi connectivity index (χ4n) is 1.65. The van der Waals surface area contributed by atoms with Gasteiger partial charge in [-0.2, -0.15) is 14.8 Å². The summed E-state index contributed by atoms with van der Waals surface area (Å²) in [6, 6.07) is 3.71. The Morgan fingerprint density at radius 1 is 1.22 bits per heavy atom. The second kappa shape index (κ2) is 3.73. The zero-order chi connectivity index (χ0) is 12.7. The third-order valence-electron chi connectivity index (χ3n) is 2.51. The Kier molecular flexibility index (Phi) is 2.19. The quantitative estimate of drug-likeness (QED) is 0.696. The number of nitrogens with two attached hydrogens (primary N) is 1. The van der Waals surface area contributed by atoms with Gasteiger partial charge in [-0.05, 0) is 19.1 Å². The Morgan fingerprint density at radius 2 is 2.06 bits per heavy atom. The van der Waals surface area contributed by atoms with Crippen molar-refractivity contribution in [2.75, 3.05) is 5.73 Å². The van der Waals surface area contributed by atoms with Gasteiger partial charge in [0, 0.05) is 5.69 Å². The van der Waals surface area contributed by atoms with Crippen LogP contribution in [0.5, 0.6) is 0 Å². The molecule has 7 heteroatoms. The average Bonchev–Trinajstić information content (AvgIpc) is 2.75. The van der Waals surface area contributed by atoms with E-state index in [0.717, 1.165) is 22.9 Å². The highest BCUT2D eigenvalue weighted by atomic mass is 19.1. The molecule has 0 unspecified atom stereocenters. The van der Waals surface area contributed by atoms with Crippen molar-refractivity contribution in [3.63, 3.8) is 0 Å². The van der Waals surface area contributed by atoms with Crippen LogP contribution in [0.25, 0.3) is 17.0 Å². The first-order valence-corrected chi connectivity index (χ1v) is 5.25. The topological polar surface area (TPSA) is 82.5 Å². The maximum absolute atomic E-state index is 13.0. The van der Waals surface area contributed by atoms with Crippen molar-refractivity contribution < 1.29 is 4.39 Å². The van der Waals surface area contributed by atoms with Gasteiger partial charge in [-0.1, -0.05) is 0 Å². The van der Waals surface area contributed by atoms with Gasteiger partial charge in [0.15, 0.2) is 11.6 Å². The Labute approximate surface area is 101 Å². The molecule has 3 aromatic rings. The average molecular weight is 244 g/mol. The van der Waals surface area contributed by atoms with E-state index in [1.165, 1.54) is 4.68 Å². The molecule has 2 N–H and O–H groups in total. The number of aromatic nitrogens is 5. The molecule has 0 saturated carbocycles. The molecule has 0 fully saturated rings. The number of nitrogens with zero attached hydrogens (tertiary/aromatic N) is 5. The summed E-state index contributed by atoms with van der Waals surface area (Å²) in [6.07, 6.45) is 2.62. The molecule has 0 atom stereocenters. The van der Waals surface area contributed by atoms with Crippen LogP contribution in [0, 0.1) is 12.7 Å². The third kappa shape index (κ3) is 1.56. The number of halogens is 1. The molecule has 0 saturated heterocycles. The smallest absolute Gasteiger partial charge is 0.253 e. The van der Waals surface area contributed by atoms with Gasteiger partial charge < -0.3 is 5.73 Å². The van der Waals surface area contributed by atoms with Gasteiger partial charge in [-0.3, -0.25) is 0 Å². The first-order chi connectivity index (χ1) is 8.65. The van der Waals surface area contributed by atoms with E-state index in [9.17, 15) is 4.39 Å². The largest absolute Gasteiger partial charge is 0.381 e. The number of hydrogen-bond acceptors (Lipinski definition) is 5. The lowest BCUT2D eigenvalue weighted by Gasteiger charge is -2.02. The van der Waals surface area contributed by atoms with E-state index >= 15 is 0 Å². The van der Waals surface area contributed by atoms with Crippen molar-refractivity contribution >= 4 is 16.9 Å². The zero-order valence-corrected chi connectivity index (χ0v) is 9.50. The first-order valence-electron chi connectivity index (χ1n) is 5.25. The van der Waals surface area contributed by atoms with Gasteiger partial charge >= 0.3 is 0 Å². The molecule has 0 amide bonds. The second-order valence-corrected chi connectivity index (χ2v) is 3.82. The number of hydrogen-bond donors (Lipinski definition) is 1. The summed E-state index contributed by atoms with van der Waals surface area (Å²) in [7, 11) is 0. The van der Waals surface area contributed by atoms with Crippen LogP contribution in [0.1, 0.15) is 5.69 Å². The number of fused-ring (bicyclic) bond motifs is 1. The molecule has 0 radical (unpaired) electrons. The molecule has 18 heavy (non-hydrogen) atoms. The molecular weight excluding hydrogens is 235 g/mol. The summed E-state index contributed by atoms with van der Waals surface area (Å²) in [5, 5.41) is 4.13. The van der Waals surface area contributed by atoms with Crippen LogP contribution < -0.4 is 5.73 Å². The van der Waals surface area contributed by atoms with Crippen molar-refractivity contribution in [3.8, 4) is 5.95 Å². The van der Waals surface area contributed by atoms with Gasteiger partial charge in [0.05, 0.1) is 17.9 Å². The zero-order valence-electron chi connectivity index (χ0n) is 9.50. The van der Waals surface area contributed by atoms with Crippen LogP contribution in [-0.2, 0) is 0 Å². The van der Waals surface area contributed by atoms with Crippen molar-refractivity contribution in [1.29, 1.82) is 0 Å². The molecular formula is C11H9FN6. The fraction of sp³-hybridized carbons (Fsp3) is 0.0909. The highest BCUT2D eigenvalue weighted by Gasteiger charge is 2.10.